The third-order valence-corrected chi connectivity index (χ3v) is 7.16. The number of benzene rings is 3. The molecule has 1 aromatic heterocycles. The molecule has 5 nitrogen and oxygen atoms in total. The summed E-state index contributed by atoms with van der Waals surface area (Å²) in [6.45, 7) is 8.38. The molecule has 0 unspecified atom stereocenters. The zero-order valence-electron chi connectivity index (χ0n) is 22.7. The second-order valence-corrected chi connectivity index (χ2v) is 10.3. The number of piperazine rings is 1. The minimum atomic E-state index is -0.0196. The molecule has 0 N–H and O–H groups in total. The number of aryl methyl sites for hydroxylation is 1. The number of hydrogen-bond donors (Lipinski definition) is 0. The van der Waals surface area contributed by atoms with E-state index in [2.05, 4.69) is 102 Å². The molecule has 0 atom stereocenters. The minimum Gasteiger partial charge on any atom is -0.455 e. The van der Waals surface area contributed by atoms with Crippen LogP contribution in [0.5, 0.6) is 0 Å². The quantitative estimate of drug-likeness (QED) is 0.248. The molecule has 2 heterocycles. The highest BCUT2D eigenvalue weighted by Gasteiger charge is 2.24. The zero-order valence-corrected chi connectivity index (χ0v) is 22.7. The van der Waals surface area contributed by atoms with Crippen LogP contribution < -0.4 is 0 Å². The monoisotopic (exact) mass is 519 g/mol. The minimum absolute atomic E-state index is 0.0196. The van der Waals surface area contributed by atoms with Crippen LogP contribution in [0.1, 0.15) is 38.6 Å². The van der Waals surface area contributed by atoms with Crippen LogP contribution in [0.25, 0.3) is 6.08 Å². The highest BCUT2D eigenvalue weighted by Crippen LogP contribution is 2.18. The topological polar surface area (TPSA) is 39.9 Å². The maximum atomic E-state index is 13.2. The van der Waals surface area contributed by atoms with Crippen LogP contribution in [-0.2, 0) is 19.6 Å². The first-order valence-electron chi connectivity index (χ1n) is 13.8. The van der Waals surface area contributed by atoms with E-state index >= 15 is 0 Å². The van der Waals surface area contributed by atoms with Crippen molar-refractivity contribution in [2.24, 2.45) is 0 Å². The summed E-state index contributed by atoms with van der Waals surface area (Å²) in [6.07, 6.45) is 4.35. The van der Waals surface area contributed by atoms with Crippen LogP contribution in [-0.4, -0.2) is 53.3 Å². The molecule has 1 amide bonds. The molecule has 5 rings (SSSR count). The van der Waals surface area contributed by atoms with Crippen LogP contribution >= 0.6 is 0 Å². The largest absolute Gasteiger partial charge is 0.455 e. The van der Waals surface area contributed by atoms with Crippen molar-refractivity contribution < 1.29 is 9.21 Å². The first-order chi connectivity index (χ1) is 19.1. The van der Waals surface area contributed by atoms with Crippen LogP contribution in [0.15, 0.2) is 108 Å². The van der Waals surface area contributed by atoms with Crippen LogP contribution in [0.4, 0.5) is 0 Å². The van der Waals surface area contributed by atoms with Crippen LogP contribution in [0, 0.1) is 6.92 Å². The van der Waals surface area contributed by atoms with Crippen molar-refractivity contribution in [1.82, 2.24) is 14.7 Å². The first kappa shape index (κ1) is 26.7. The number of carbonyl (C=O) groups is 1. The van der Waals surface area contributed by atoms with Crippen LogP contribution in [0.2, 0.25) is 0 Å². The molecule has 200 valence electrons. The van der Waals surface area contributed by atoms with E-state index in [0.29, 0.717) is 25.4 Å². The van der Waals surface area contributed by atoms with Gasteiger partial charge in [0, 0.05) is 45.8 Å². The maximum absolute atomic E-state index is 13.2. The van der Waals surface area contributed by atoms with Crippen molar-refractivity contribution >= 4 is 12.0 Å². The molecule has 5 heteroatoms. The lowest BCUT2D eigenvalue weighted by Gasteiger charge is -2.33. The van der Waals surface area contributed by atoms with Crippen molar-refractivity contribution in [3.05, 3.63) is 137 Å². The van der Waals surface area contributed by atoms with Gasteiger partial charge in [0.1, 0.15) is 5.76 Å². The Hall–Kier alpha value is -3.93. The molecule has 4 aromatic rings. The van der Waals surface area contributed by atoms with E-state index in [4.69, 9.17) is 4.42 Å². The normalized spacial score (nSPS) is 14.4. The van der Waals surface area contributed by atoms with Crippen molar-refractivity contribution in [3.63, 3.8) is 0 Å². The average Bonchev–Trinajstić information content (AvgIpc) is 3.44. The van der Waals surface area contributed by atoms with Gasteiger partial charge < -0.3 is 9.32 Å². The van der Waals surface area contributed by atoms with E-state index < -0.39 is 0 Å². The summed E-state index contributed by atoms with van der Waals surface area (Å²) >= 11 is 0. The molecule has 1 saturated heterocycles. The molecule has 0 saturated carbocycles. The highest BCUT2D eigenvalue weighted by atomic mass is 16.4. The molecular formula is C34H37N3O2. The van der Waals surface area contributed by atoms with Crippen molar-refractivity contribution in [1.29, 1.82) is 0 Å². The Morgan fingerprint density at radius 3 is 2.10 bits per heavy atom. The zero-order chi connectivity index (χ0) is 26.9. The second kappa shape index (κ2) is 13.2. The summed E-state index contributed by atoms with van der Waals surface area (Å²) in [5, 5.41) is 0. The lowest BCUT2D eigenvalue weighted by Crippen LogP contribution is -2.48. The molecular weight excluding hydrogens is 482 g/mol. The summed E-state index contributed by atoms with van der Waals surface area (Å²) in [7, 11) is 0. The van der Waals surface area contributed by atoms with E-state index in [-0.39, 0.29) is 5.91 Å². The first-order valence-corrected chi connectivity index (χ1v) is 13.8. The standard InChI is InChI=1S/C34H37N3O2/c1-28-14-16-31(17-15-28)26-36(25-30-11-6-3-7-12-30)27-32-18-19-33(39-32)34(38)37-23-21-35(22-24-37)20-8-13-29-9-4-2-5-10-29/h2-19H,20-27H2,1H3/b13-8+. The Morgan fingerprint density at radius 2 is 1.41 bits per heavy atom. The predicted octanol–water partition coefficient (Wildman–Crippen LogP) is 6.26. The SMILES string of the molecule is Cc1ccc(CN(Cc2ccccc2)Cc2ccc(C(=O)N3CCN(C/C=C/c4ccccc4)CC3)o2)cc1. The fourth-order valence-corrected chi connectivity index (χ4v) is 4.95. The smallest absolute Gasteiger partial charge is 0.289 e. The molecule has 39 heavy (non-hydrogen) atoms. The van der Waals surface area contributed by atoms with Crippen molar-refractivity contribution in [2.75, 3.05) is 32.7 Å². The van der Waals surface area contributed by atoms with Gasteiger partial charge in [-0.2, -0.15) is 0 Å². The van der Waals surface area contributed by atoms with Crippen molar-refractivity contribution in [2.45, 2.75) is 26.6 Å². The number of nitrogens with zero attached hydrogens (tertiary/aromatic N) is 3. The van der Waals surface area contributed by atoms with E-state index in [1.165, 1.54) is 22.3 Å². The van der Waals surface area contributed by atoms with E-state index in [1.807, 2.05) is 29.2 Å². The fraction of sp³-hybridized carbons (Fsp3) is 0.265. The van der Waals surface area contributed by atoms with Gasteiger partial charge in [-0.1, -0.05) is 103 Å². The third kappa shape index (κ3) is 7.79. The number of furan rings is 1. The van der Waals surface area contributed by atoms with Crippen LogP contribution in [0.3, 0.4) is 0 Å². The summed E-state index contributed by atoms with van der Waals surface area (Å²) < 4.78 is 6.11. The van der Waals surface area contributed by atoms with E-state index in [0.717, 1.165) is 38.5 Å². The van der Waals surface area contributed by atoms with Gasteiger partial charge in [-0.15, -0.1) is 0 Å². The average molecular weight is 520 g/mol. The van der Waals surface area contributed by atoms with Gasteiger partial charge in [0.25, 0.3) is 5.91 Å². The van der Waals surface area contributed by atoms with E-state index in [9.17, 15) is 4.79 Å². The fourth-order valence-electron chi connectivity index (χ4n) is 4.95. The molecule has 1 aliphatic heterocycles. The Kier molecular flexibility index (Phi) is 9.05. The second-order valence-electron chi connectivity index (χ2n) is 10.3. The van der Waals surface area contributed by atoms with E-state index in [1.54, 1.807) is 0 Å². The maximum Gasteiger partial charge on any atom is 0.289 e. The summed E-state index contributed by atoms with van der Waals surface area (Å²) in [4.78, 5) is 19.8. The molecule has 0 bridgehead atoms. The predicted molar refractivity (Wildman–Crippen MR) is 157 cm³/mol. The Balaban J connectivity index is 1.16. The Bertz CT molecular complexity index is 1340. The van der Waals surface area contributed by atoms with Gasteiger partial charge in [0.05, 0.1) is 6.54 Å². The van der Waals surface area contributed by atoms with Gasteiger partial charge in [-0.3, -0.25) is 14.6 Å². The van der Waals surface area contributed by atoms with Gasteiger partial charge in [0.2, 0.25) is 0 Å². The summed E-state index contributed by atoms with van der Waals surface area (Å²) in [6, 6.07) is 33.3. The Morgan fingerprint density at radius 1 is 0.769 bits per heavy atom. The molecule has 1 fully saturated rings. The summed E-state index contributed by atoms with van der Waals surface area (Å²) in [5.74, 6) is 1.22. The third-order valence-electron chi connectivity index (χ3n) is 7.16. The lowest BCUT2D eigenvalue weighted by molar-refractivity contribution is 0.0615. The summed E-state index contributed by atoms with van der Waals surface area (Å²) in [5.41, 5.74) is 4.98. The molecule has 0 radical (unpaired) electrons. The molecule has 0 aliphatic carbocycles. The number of carbonyl (C=O) groups excluding carboxylic acids is 1. The highest BCUT2D eigenvalue weighted by molar-refractivity contribution is 5.91. The van der Waals surface area contributed by atoms with Gasteiger partial charge in [-0.25, -0.2) is 0 Å². The number of rotatable bonds is 10. The van der Waals surface area contributed by atoms with Crippen molar-refractivity contribution in [3.8, 4) is 0 Å². The number of amides is 1. The molecule has 1 aliphatic rings. The van der Waals surface area contributed by atoms with Gasteiger partial charge in [-0.05, 0) is 35.7 Å². The lowest BCUT2D eigenvalue weighted by atomic mass is 10.1. The Labute approximate surface area is 232 Å². The molecule has 3 aromatic carbocycles. The number of hydrogen-bond acceptors (Lipinski definition) is 4. The molecule has 0 spiro atoms. The van der Waals surface area contributed by atoms with Gasteiger partial charge >= 0.3 is 0 Å². The van der Waals surface area contributed by atoms with Gasteiger partial charge in [0.15, 0.2) is 5.76 Å².